The van der Waals surface area contributed by atoms with Crippen molar-refractivity contribution in [3.8, 4) is 11.1 Å². The van der Waals surface area contributed by atoms with Crippen molar-refractivity contribution in [2.45, 2.75) is 104 Å². The summed E-state index contributed by atoms with van der Waals surface area (Å²) in [6.45, 7) is 12.6. The summed E-state index contributed by atoms with van der Waals surface area (Å²) < 4.78 is 5.88. The van der Waals surface area contributed by atoms with E-state index in [-0.39, 0.29) is 43.1 Å². The Labute approximate surface area is 337 Å². The largest absolute Gasteiger partial charge is 0.449 e. The monoisotopic (exact) mass is 776 g/mol. The van der Waals surface area contributed by atoms with E-state index in [0.717, 1.165) is 45.0 Å². The second kappa shape index (κ2) is 20.3. The maximum absolute atomic E-state index is 14.3. The van der Waals surface area contributed by atoms with Gasteiger partial charge in [-0.25, -0.2) is 4.79 Å². The van der Waals surface area contributed by atoms with E-state index in [2.05, 4.69) is 40.3 Å². The Balaban J connectivity index is 1.33. The van der Waals surface area contributed by atoms with Gasteiger partial charge in [-0.05, 0) is 69.2 Å². The highest BCUT2D eigenvalue weighted by Gasteiger charge is 2.33. The number of aliphatic hydroxyl groups excluding tert-OH is 1. The fourth-order valence-corrected chi connectivity index (χ4v) is 7.60. The molecule has 1 aliphatic carbocycles. The summed E-state index contributed by atoms with van der Waals surface area (Å²) in [5.41, 5.74) is 5.22. The van der Waals surface area contributed by atoms with Gasteiger partial charge < -0.3 is 31.1 Å². The van der Waals surface area contributed by atoms with Gasteiger partial charge in [0.15, 0.2) is 0 Å². The number of hydrogen-bond donors (Lipinski definition) is 5. The molecule has 0 fully saturated rings. The zero-order chi connectivity index (χ0) is 41.1. The van der Waals surface area contributed by atoms with Crippen LogP contribution in [0.3, 0.4) is 0 Å². The number of fused-ring (bicyclic) bond motifs is 4. The number of rotatable bonds is 19. The molecule has 3 unspecified atom stereocenters. The second-order valence-electron chi connectivity index (χ2n) is 16.4. The van der Waals surface area contributed by atoms with Crippen LogP contribution in [0.15, 0.2) is 91.0 Å². The standard InChI is InChI=1S/C47H60N4O6/c1-7-31(6)27-48-44(53)26-43(52)40(23-29(2)3)49-45(54)41(24-30(4)5)50-46(55)42(25-33-17-14-16-32-15-8-9-18-34(32)33)51-47(56)57-28-39-37-21-12-10-19-35(37)36-20-11-13-22-38(36)39/h8-22,29-31,39-43,52H,7,23-28H2,1-6H3,(H,48,53)(H,49,54)(H,50,55)(H,51,56)/t31?,40?,41-,42-,43?/m0/s1. The first-order valence-electron chi connectivity index (χ1n) is 20.5. The SMILES string of the molecule is CCC(C)CNC(=O)CC(O)C(CC(C)C)NC(=O)[C@H](CC(C)C)NC(=O)[C@H](Cc1cccc2ccccc12)NC(=O)OCC1c2ccccc2-c2ccccc21. The molecule has 1 aliphatic rings. The third kappa shape index (κ3) is 11.7. The number of carbonyl (C=O) groups excluding carboxylic acids is 4. The lowest BCUT2D eigenvalue weighted by atomic mass is 9.95. The van der Waals surface area contributed by atoms with Crippen LogP contribution in [0.1, 0.15) is 89.8 Å². The highest BCUT2D eigenvalue weighted by Crippen LogP contribution is 2.44. The lowest BCUT2D eigenvalue weighted by Crippen LogP contribution is -2.57. The minimum atomic E-state index is -1.13. The van der Waals surface area contributed by atoms with Crippen LogP contribution in [0.25, 0.3) is 21.9 Å². The molecule has 4 aromatic rings. The molecule has 304 valence electrons. The molecule has 0 bridgehead atoms. The molecule has 10 heteroatoms. The summed E-state index contributed by atoms with van der Waals surface area (Å²) in [7, 11) is 0. The zero-order valence-electron chi connectivity index (χ0n) is 34.2. The predicted octanol–water partition coefficient (Wildman–Crippen LogP) is 7.26. The van der Waals surface area contributed by atoms with Gasteiger partial charge >= 0.3 is 6.09 Å². The topological polar surface area (TPSA) is 146 Å². The Morgan fingerprint density at radius 2 is 1.30 bits per heavy atom. The molecule has 0 aliphatic heterocycles. The van der Waals surface area contributed by atoms with E-state index in [1.165, 1.54) is 0 Å². The van der Waals surface area contributed by atoms with Crippen molar-refractivity contribution in [1.29, 1.82) is 0 Å². The van der Waals surface area contributed by atoms with E-state index in [0.29, 0.717) is 25.3 Å². The zero-order valence-corrected chi connectivity index (χ0v) is 34.2. The third-order valence-electron chi connectivity index (χ3n) is 10.9. The molecular weight excluding hydrogens is 717 g/mol. The van der Waals surface area contributed by atoms with Crippen molar-refractivity contribution in [3.63, 3.8) is 0 Å². The van der Waals surface area contributed by atoms with E-state index in [1.807, 2.05) is 113 Å². The molecule has 57 heavy (non-hydrogen) atoms. The van der Waals surface area contributed by atoms with Crippen LogP contribution >= 0.6 is 0 Å². The van der Waals surface area contributed by atoms with Crippen LogP contribution < -0.4 is 21.3 Å². The number of benzene rings is 4. The maximum atomic E-state index is 14.3. The average molecular weight is 777 g/mol. The Morgan fingerprint density at radius 3 is 1.95 bits per heavy atom. The number of hydrogen-bond acceptors (Lipinski definition) is 6. The summed E-state index contributed by atoms with van der Waals surface area (Å²) in [6, 6.07) is 27.1. The molecule has 4 amide bonds. The first-order valence-corrected chi connectivity index (χ1v) is 20.5. The van der Waals surface area contributed by atoms with Gasteiger partial charge in [-0.1, -0.05) is 139 Å². The van der Waals surface area contributed by atoms with Gasteiger partial charge in [0.05, 0.1) is 18.6 Å². The van der Waals surface area contributed by atoms with Crippen LogP contribution in [0, 0.1) is 17.8 Å². The summed E-state index contributed by atoms with van der Waals surface area (Å²) in [4.78, 5) is 54.7. The Kier molecular flexibility index (Phi) is 15.3. The molecule has 0 spiro atoms. The Morgan fingerprint density at radius 1 is 0.702 bits per heavy atom. The number of alkyl carbamates (subject to hydrolysis) is 1. The van der Waals surface area contributed by atoms with Gasteiger partial charge in [0, 0.05) is 18.9 Å². The van der Waals surface area contributed by atoms with Gasteiger partial charge in [-0.2, -0.15) is 0 Å². The van der Waals surface area contributed by atoms with Crippen LogP contribution in [-0.4, -0.2) is 66.3 Å². The molecule has 0 aromatic heterocycles. The van der Waals surface area contributed by atoms with Crippen molar-refractivity contribution in [3.05, 3.63) is 108 Å². The smallest absolute Gasteiger partial charge is 0.407 e. The normalized spacial score (nSPS) is 14.9. The first-order chi connectivity index (χ1) is 27.3. The third-order valence-corrected chi connectivity index (χ3v) is 10.9. The Hall–Kier alpha value is -5.22. The van der Waals surface area contributed by atoms with E-state index < -0.39 is 42.1 Å². The molecule has 0 heterocycles. The summed E-state index contributed by atoms with van der Waals surface area (Å²) in [5.74, 6) is -1.01. The summed E-state index contributed by atoms with van der Waals surface area (Å²) in [6.07, 6.45) is -0.223. The lowest BCUT2D eigenvalue weighted by Gasteiger charge is -2.29. The number of nitrogens with one attached hydrogen (secondary N) is 4. The van der Waals surface area contributed by atoms with Crippen LogP contribution in [0.2, 0.25) is 0 Å². The quantitative estimate of drug-likeness (QED) is 0.0678. The molecular formula is C47H60N4O6. The second-order valence-corrected chi connectivity index (χ2v) is 16.4. The molecule has 0 radical (unpaired) electrons. The molecule has 0 saturated carbocycles. The fraction of sp³-hybridized carbons (Fsp3) is 0.447. The van der Waals surface area contributed by atoms with E-state index >= 15 is 0 Å². The van der Waals surface area contributed by atoms with Crippen molar-refractivity contribution in [1.82, 2.24) is 21.3 Å². The van der Waals surface area contributed by atoms with Gasteiger partial charge in [0.1, 0.15) is 18.7 Å². The van der Waals surface area contributed by atoms with Crippen molar-refractivity contribution < 1.29 is 29.0 Å². The van der Waals surface area contributed by atoms with Crippen molar-refractivity contribution in [2.75, 3.05) is 13.2 Å². The van der Waals surface area contributed by atoms with Gasteiger partial charge in [0.25, 0.3) is 0 Å². The number of carbonyl (C=O) groups is 4. The highest BCUT2D eigenvalue weighted by molar-refractivity contribution is 5.93. The molecule has 4 aromatic carbocycles. The first kappa shape index (κ1) is 42.9. The van der Waals surface area contributed by atoms with Gasteiger partial charge in [-0.3, -0.25) is 14.4 Å². The minimum absolute atomic E-state index is 0.0208. The number of aliphatic hydroxyl groups is 1. The van der Waals surface area contributed by atoms with E-state index in [9.17, 15) is 24.3 Å². The molecule has 0 saturated heterocycles. The van der Waals surface area contributed by atoms with E-state index in [1.54, 1.807) is 0 Å². The van der Waals surface area contributed by atoms with Crippen LogP contribution in [0.4, 0.5) is 4.79 Å². The van der Waals surface area contributed by atoms with Crippen LogP contribution in [0.5, 0.6) is 0 Å². The van der Waals surface area contributed by atoms with Crippen LogP contribution in [-0.2, 0) is 25.5 Å². The molecule has 10 nitrogen and oxygen atoms in total. The lowest BCUT2D eigenvalue weighted by molar-refractivity contribution is -0.131. The molecule has 5 atom stereocenters. The predicted molar refractivity (Wildman–Crippen MR) is 226 cm³/mol. The summed E-state index contributed by atoms with van der Waals surface area (Å²) >= 11 is 0. The van der Waals surface area contributed by atoms with Gasteiger partial charge in [0.2, 0.25) is 17.7 Å². The summed E-state index contributed by atoms with van der Waals surface area (Å²) in [5, 5.41) is 24.8. The number of amides is 4. The van der Waals surface area contributed by atoms with Crippen molar-refractivity contribution in [2.24, 2.45) is 17.8 Å². The maximum Gasteiger partial charge on any atom is 0.407 e. The number of ether oxygens (including phenoxy) is 1. The van der Waals surface area contributed by atoms with Gasteiger partial charge in [-0.15, -0.1) is 0 Å². The molecule has 5 rings (SSSR count). The minimum Gasteiger partial charge on any atom is -0.449 e. The average Bonchev–Trinajstić information content (AvgIpc) is 3.51. The molecule has 5 N–H and O–H groups in total. The van der Waals surface area contributed by atoms with E-state index in [4.69, 9.17) is 4.74 Å². The Bertz CT molecular complexity index is 1940. The highest BCUT2D eigenvalue weighted by atomic mass is 16.5. The van der Waals surface area contributed by atoms with Crippen molar-refractivity contribution >= 4 is 34.6 Å². The fourth-order valence-electron chi connectivity index (χ4n) is 7.60.